The molecule has 0 saturated heterocycles. The minimum absolute atomic E-state index is 0.247. The second kappa shape index (κ2) is 16.9. The molecule has 2 aromatic carbocycles. The van der Waals surface area contributed by atoms with Crippen LogP contribution in [0.25, 0.3) is 22.5 Å². The first-order valence-corrected chi connectivity index (χ1v) is 19.8. The lowest BCUT2D eigenvalue weighted by atomic mass is 9.93. The Morgan fingerprint density at radius 2 is 1.02 bits per heavy atom. The molecule has 0 unspecified atom stereocenters. The van der Waals surface area contributed by atoms with Crippen molar-refractivity contribution >= 4 is 46.4 Å². The number of nitrogens with one attached hydrogen (secondary N) is 1. The molecule has 274 valence electrons. The summed E-state index contributed by atoms with van der Waals surface area (Å²) in [5.74, 6) is 2.77. The molecular formula is C39H46Cl4N4O4. The van der Waals surface area contributed by atoms with E-state index >= 15 is 0 Å². The summed E-state index contributed by atoms with van der Waals surface area (Å²) in [5.41, 5.74) is 10.9. The Morgan fingerprint density at radius 1 is 0.627 bits per heavy atom. The highest BCUT2D eigenvalue weighted by molar-refractivity contribution is 6.39. The molecule has 4 saturated carbocycles. The van der Waals surface area contributed by atoms with Gasteiger partial charge in [-0.1, -0.05) is 68.8 Å². The van der Waals surface area contributed by atoms with Gasteiger partial charge < -0.3 is 29.6 Å². The Bertz CT molecular complexity index is 1730. The van der Waals surface area contributed by atoms with Crippen molar-refractivity contribution in [2.45, 2.75) is 126 Å². The minimum atomic E-state index is 0.247. The molecule has 4 aliphatic rings. The minimum Gasteiger partial charge on any atom is -0.373 e. The summed E-state index contributed by atoms with van der Waals surface area (Å²) < 4.78 is 23.8. The molecule has 12 heteroatoms. The lowest BCUT2D eigenvalue weighted by molar-refractivity contribution is 0.0114. The summed E-state index contributed by atoms with van der Waals surface area (Å²) in [7, 11) is 2.03. The molecule has 0 bridgehead atoms. The van der Waals surface area contributed by atoms with Gasteiger partial charge in [-0.2, -0.15) is 0 Å². The van der Waals surface area contributed by atoms with Gasteiger partial charge in [0, 0.05) is 46.2 Å². The number of nitrogens with zero attached hydrogens (tertiary/aromatic N) is 2. The molecule has 0 radical (unpaired) electrons. The Morgan fingerprint density at radius 3 is 1.39 bits per heavy atom. The van der Waals surface area contributed by atoms with E-state index in [1.165, 1.54) is 0 Å². The lowest BCUT2D eigenvalue weighted by Gasteiger charge is -2.28. The van der Waals surface area contributed by atoms with Gasteiger partial charge in [0.25, 0.3) is 0 Å². The maximum atomic E-state index is 6.41. The molecule has 0 atom stereocenters. The van der Waals surface area contributed by atoms with Gasteiger partial charge in [-0.3, -0.25) is 0 Å². The van der Waals surface area contributed by atoms with Gasteiger partial charge in [0.05, 0.1) is 45.5 Å². The zero-order valence-corrected chi connectivity index (χ0v) is 32.0. The first-order valence-electron chi connectivity index (χ1n) is 18.3. The van der Waals surface area contributed by atoms with Gasteiger partial charge in [0.2, 0.25) is 0 Å². The predicted molar refractivity (Wildman–Crippen MR) is 203 cm³/mol. The topological polar surface area (TPSA) is 109 Å². The largest absolute Gasteiger partial charge is 0.373 e. The van der Waals surface area contributed by atoms with Crippen LogP contribution in [0.3, 0.4) is 0 Å². The van der Waals surface area contributed by atoms with Crippen molar-refractivity contribution in [2.75, 3.05) is 7.05 Å². The van der Waals surface area contributed by atoms with E-state index in [9.17, 15) is 0 Å². The van der Waals surface area contributed by atoms with Gasteiger partial charge in [0.15, 0.2) is 0 Å². The second-order valence-electron chi connectivity index (χ2n) is 14.4. The number of halogens is 4. The van der Waals surface area contributed by atoms with E-state index in [0.717, 1.165) is 117 Å². The Balaban J connectivity index is 0.000000159. The van der Waals surface area contributed by atoms with Crippen molar-refractivity contribution in [3.05, 3.63) is 79.1 Å². The Hall–Kier alpha value is -2.14. The average Bonchev–Trinajstić information content (AvgIpc) is 4.07. The van der Waals surface area contributed by atoms with Crippen molar-refractivity contribution in [1.82, 2.24) is 15.6 Å². The van der Waals surface area contributed by atoms with Gasteiger partial charge >= 0.3 is 0 Å². The normalized spacial score (nSPS) is 23.6. The number of hydrogen-bond acceptors (Lipinski definition) is 8. The van der Waals surface area contributed by atoms with Crippen molar-refractivity contribution in [1.29, 1.82) is 0 Å². The number of nitrogens with two attached hydrogens (primary N) is 1. The average molecular weight is 777 g/mol. The molecule has 2 aromatic heterocycles. The van der Waals surface area contributed by atoms with Crippen LogP contribution in [0.1, 0.15) is 112 Å². The molecule has 8 rings (SSSR count). The molecule has 0 amide bonds. The number of ether oxygens (including phenoxy) is 2. The van der Waals surface area contributed by atoms with Crippen LogP contribution in [0.4, 0.5) is 0 Å². The fourth-order valence-electron chi connectivity index (χ4n) is 7.27. The van der Waals surface area contributed by atoms with E-state index in [2.05, 4.69) is 15.6 Å². The van der Waals surface area contributed by atoms with E-state index in [1.54, 1.807) is 0 Å². The molecule has 8 nitrogen and oxygen atoms in total. The third kappa shape index (κ3) is 8.98. The second-order valence-corrected chi connectivity index (χ2v) is 16.0. The van der Waals surface area contributed by atoms with Crippen molar-refractivity contribution in [2.24, 2.45) is 5.73 Å². The quantitative estimate of drug-likeness (QED) is 0.155. The summed E-state index contributed by atoms with van der Waals surface area (Å²) in [5, 5.41) is 14.3. The number of aromatic nitrogens is 2. The highest BCUT2D eigenvalue weighted by atomic mass is 35.5. The molecule has 4 aromatic rings. The lowest BCUT2D eigenvalue weighted by Crippen LogP contribution is -2.32. The fourth-order valence-corrected chi connectivity index (χ4v) is 8.43. The fraction of sp³-hybridized carbons (Fsp3) is 0.538. The molecule has 51 heavy (non-hydrogen) atoms. The van der Waals surface area contributed by atoms with E-state index < -0.39 is 0 Å². The summed E-state index contributed by atoms with van der Waals surface area (Å²) in [4.78, 5) is 0. The molecule has 0 spiro atoms. The van der Waals surface area contributed by atoms with Crippen LogP contribution in [-0.2, 0) is 22.7 Å². The first-order chi connectivity index (χ1) is 24.8. The smallest absolute Gasteiger partial charge is 0.145 e. The van der Waals surface area contributed by atoms with Crippen LogP contribution in [0, 0.1) is 0 Å². The molecule has 3 N–H and O–H groups in total. The summed E-state index contributed by atoms with van der Waals surface area (Å²) in [6.45, 7) is 0.979. The first kappa shape index (κ1) is 37.2. The summed E-state index contributed by atoms with van der Waals surface area (Å²) in [6.07, 6.45) is 13.6. The van der Waals surface area contributed by atoms with E-state index in [0.29, 0.717) is 62.9 Å². The monoisotopic (exact) mass is 774 g/mol. The maximum Gasteiger partial charge on any atom is 0.145 e. The predicted octanol–water partition coefficient (Wildman–Crippen LogP) is 10.9. The van der Waals surface area contributed by atoms with Crippen LogP contribution < -0.4 is 11.1 Å². The Labute approximate surface area is 320 Å². The standard InChI is InChI=1S/C20H24Cl2N2O2.C19H22Cl2N2O2/c1-23-13-7-9-14(10-8-13)25-11-15-19(24-26-20(15)12-5-6-12)18-16(21)3-2-4-17(18)22;20-15-2-1-3-16(21)17(15)18-14(19(25-23-18)11-4-5-11)10-24-13-8-6-12(22)7-9-13/h2-4,12-14,23H,5-11H2,1H3;1-3,11-13H,4-10,22H2. The zero-order valence-electron chi connectivity index (χ0n) is 28.9. The van der Waals surface area contributed by atoms with Crippen LogP contribution in [-0.4, -0.2) is 41.7 Å². The van der Waals surface area contributed by atoms with Crippen LogP contribution >= 0.6 is 46.4 Å². The van der Waals surface area contributed by atoms with Gasteiger partial charge in [-0.05, 0) is 108 Å². The van der Waals surface area contributed by atoms with Gasteiger partial charge in [-0.15, -0.1) is 0 Å². The highest BCUT2D eigenvalue weighted by Gasteiger charge is 2.35. The molecular weight excluding hydrogens is 730 g/mol. The zero-order chi connectivity index (χ0) is 35.5. The van der Waals surface area contributed by atoms with E-state index in [1.807, 2.05) is 43.4 Å². The van der Waals surface area contributed by atoms with Crippen molar-refractivity contribution in [3.63, 3.8) is 0 Å². The van der Waals surface area contributed by atoms with Crippen molar-refractivity contribution < 1.29 is 18.5 Å². The van der Waals surface area contributed by atoms with Gasteiger partial charge in [0.1, 0.15) is 22.9 Å². The molecule has 0 aliphatic heterocycles. The number of benzene rings is 2. The van der Waals surface area contributed by atoms with E-state index in [-0.39, 0.29) is 12.2 Å². The summed E-state index contributed by atoms with van der Waals surface area (Å²) >= 11 is 25.6. The van der Waals surface area contributed by atoms with Crippen LogP contribution in [0.15, 0.2) is 45.4 Å². The third-order valence-electron chi connectivity index (χ3n) is 10.7. The third-order valence-corrected chi connectivity index (χ3v) is 11.9. The maximum absolute atomic E-state index is 6.41. The highest BCUT2D eigenvalue weighted by Crippen LogP contribution is 2.47. The van der Waals surface area contributed by atoms with Crippen LogP contribution in [0.5, 0.6) is 0 Å². The molecule has 2 heterocycles. The SMILES string of the molecule is CNC1CCC(OCc2c(-c3c(Cl)cccc3Cl)noc2C2CC2)CC1.NC1CCC(OCc2c(-c3c(Cl)cccc3Cl)noc2C2CC2)CC1. The Kier molecular flexibility index (Phi) is 12.3. The van der Waals surface area contributed by atoms with E-state index in [4.69, 9.17) is 70.7 Å². The molecule has 4 aliphatic carbocycles. The molecule has 4 fully saturated rings. The number of rotatable bonds is 11. The number of hydrogen-bond donors (Lipinski definition) is 2. The van der Waals surface area contributed by atoms with Crippen LogP contribution in [0.2, 0.25) is 20.1 Å². The van der Waals surface area contributed by atoms with Gasteiger partial charge in [-0.25, -0.2) is 0 Å². The van der Waals surface area contributed by atoms with Crippen molar-refractivity contribution in [3.8, 4) is 22.5 Å². The summed E-state index contributed by atoms with van der Waals surface area (Å²) in [6, 6.07) is 11.9.